The molecule has 0 aliphatic rings. The summed E-state index contributed by atoms with van der Waals surface area (Å²) in [5, 5.41) is 5.31. The Morgan fingerprint density at radius 3 is 2.84 bits per heavy atom. The molecular formula is C13H15Cl2N3O. The Hall–Kier alpha value is -1.10. The number of benzene rings is 1. The van der Waals surface area contributed by atoms with Crippen LogP contribution in [0.3, 0.4) is 0 Å². The molecule has 0 radical (unpaired) electrons. The lowest BCUT2D eigenvalue weighted by Gasteiger charge is -2.19. The first-order chi connectivity index (χ1) is 9.20. The average Bonchev–Trinajstić information content (AvgIpc) is 2.88. The molecule has 0 spiro atoms. The standard InChI is InChI=1S/C13H15Cl2N3O/c1-2-5-19-13(7-18-9-16-8-17-18)11-4-3-10(14)6-12(11)15/h3-4,6,8-9,13H,2,5,7H2,1H3. The Morgan fingerprint density at radius 1 is 1.37 bits per heavy atom. The number of halogens is 2. The van der Waals surface area contributed by atoms with E-state index < -0.39 is 0 Å². The van der Waals surface area contributed by atoms with Gasteiger partial charge in [0.2, 0.25) is 0 Å². The van der Waals surface area contributed by atoms with Gasteiger partial charge in [0.05, 0.1) is 6.54 Å². The molecule has 2 aromatic rings. The molecule has 0 aliphatic heterocycles. The Bertz CT molecular complexity index is 517. The van der Waals surface area contributed by atoms with Gasteiger partial charge in [-0.15, -0.1) is 0 Å². The average molecular weight is 300 g/mol. The van der Waals surface area contributed by atoms with Crippen LogP contribution in [-0.2, 0) is 11.3 Å². The zero-order chi connectivity index (χ0) is 13.7. The Kier molecular flexibility index (Phi) is 5.19. The maximum absolute atomic E-state index is 6.23. The van der Waals surface area contributed by atoms with Crippen LogP contribution in [-0.4, -0.2) is 21.4 Å². The van der Waals surface area contributed by atoms with Crippen molar-refractivity contribution in [3.8, 4) is 0 Å². The highest BCUT2D eigenvalue weighted by Gasteiger charge is 2.16. The van der Waals surface area contributed by atoms with E-state index in [1.54, 1.807) is 17.1 Å². The molecule has 102 valence electrons. The van der Waals surface area contributed by atoms with Crippen LogP contribution in [0.4, 0.5) is 0 Å². The van der Waals surface area contributed by atoms with Crippen molar-refractivity contribution in [3.05, 3.63) is 46.5 Å². The molecule has 4 nitrogen and oxygen atoms in total. The van der Waals surface area contributed by atoms with Gasteiger partial charge in [-0.2, -0.15) is 5.10 Å². The van der Waals surface area contributed by atoms with Crippen molar-refractivity contribution in [1.29, 1.82) is 0 Å². The molecule has 0 aliphatic carbocycles. The van der Waals surface area contributed by atoms with Gasteiger partial charge < -0.3 is 4.74 Å². The summed E-state index contributed by atoms with van der Waals surface area (Å²) in [7, 11) is 0. The van der Waals surface area contributed by atoms with Gasteiger partial charge in [-0.25, -0.2) is 4.98 Å². The highest BCUT2D eigenvalue weighted by Crippen LogP contribution is 2.29. The van der Waals surface area contributed by atoms with Crippen molar-refractivity contribution >= 4 is 23.2 Å². The molecule has 2 rings (SSSR count). The van der Waals surface area contributed by atoms with E-state index in [1.807, 2.05) is 12.1 Å². The largest absolute Gasteiger partial charge is 0.372 e. The van der Waals surface area contributed by atoms with E-state index in [0.29, 0.717) is 23.2 Å². The molecule has 1 aromatic heterocycles. The molecule has 1 heterocycles. The van der Waals surface area contributed by atoms with Gasteiger partial charge in [-0.1, -0.05) is 36.2 Å². The number of aromatic nitrogens is 3. The van der Waals surface area contributed by atoms with Crippen LogP contribution in [0.1, 0.15) is 25.0 Å². The zero-order valence-electron chi connectivity index (χ0n) is 10.6. The van der Waals surface area contributed by atoms with Crippen LogP contribution in [0.25, 0.3) is 0 Å². The van der Waals surface area contributed by atoms with Crippen molar-refractivity contribution in [2.24, 2.45) is 0 Å². The van der Waals surface area contributed by atoms with Crippen molar-refractivity contribution in [2.45, 2.75) is 26.0 Å². The SMILES string of the molecule is CCCOC(Cn1cncn1)c1ccc(Cl)cc1Cl. The Balaban J connectivity index is 2.20. The van der Waals surface area contributed by atoms with Gasteiger partial charge in [-0.05, 0) is 18.6 Å². The second-order valence-electron chi connectivity index (χ2n) is 4.14. The zero-order valence-corrected chi connectivity index (χ0v) is 12.1. The van der Waals surface area contributed by atoms with E-state index in [4.69, 9.17) is 27.9 Å². The summed E-state index contributed by atoms with van der Waals surface area (Å²) in [4.78, 5) is 3.93. The molecule has 0 saturated heterocycles. The van der Waals surface area contributed by atoms with E-state index in [2.05, 4.69) is 17.0 Å². The van der Waals surface area contributed by atoms with Crippen LogP contribution in [0.5, 0.6) is 0 Å². The van der Waals surface area contributed by atoms with Gasteiger partial charge in [0.1, 0.15) is 18.8 Å². The number of nitrogens with zero attached hydrogens (tertiary/aromatic N) is 3. The molecule has 6 heteroatoms. The van der Waals surface area contributed by atoms with Gasteiger partial charge in [0, 0.05) is 22.2 Å². The predicted molar refractivity (Wildman–Crippen MR) is 75.5 cm³/mol. The summed E-state index contributed by atoms with van der Waals surface area (Å²) in [5.74, 6) is 0. The first kappa shape index (κ1) is 14.3. The lowest BCUT2D eigenvalue weighted by atomic mass is 10.1. The second-order valence-corrected chi connectivity index (χ2v) is 4.99. The Labute approximate surface area is 122 Å². The molecule has 1 atom stereocenters. The third kappa shape index (κ3) is 3.93. The lowest BCUT2D eigenvalue weighted by Crippen LogP contribution is -2.14. The summed E-state index contributed by atoms with van der Waals surface area (Å²) in [6.07, 6.45) is 3.94. The van der Waals surface area contributed by atoms with Crippen LogP contribution in [0, 0.1) is 0 Å². The van der Waals surface area contributed by atoms with Crippen molar-refractivity contribution in [2.75, 3.05) is 6.61 Å². The van der Waals surface area contributed by atoms with Crippen molar-refractivity contribution < 1.29 is 4.74 Å². The lowest BCUT2D eigenvalue weighted by molar-refractivity contribution is 0.0385. The maximum atomic E-state index is 6.23. The smallest absolute Gasteiger partial charge is 0.137 e. The van der Waals surface area contributed by atoms with Crippen molar-refractivity contribution in [1.82, 2.24) is 14.8 Å². The van der Waals surface area contributed by atoms with Crippen LogP contribution < -0.4 is 0 Å². The summed E-state index contributed by atoms with van der Waals surface area (Å²) in [5.41, 5.74) is 0.912. The molecule has 0 bridgehead atoms. The Morgan fingerprint density at radius 2 is 2.21 bits per heavy atom. The van der Waals surface area contributed by atoms with E-state index in [1.165, 1.54) is 6.33 Å². The predicted octanol–water partition coefficient (Wildman–Crippen LogP) is 3.75. The minimum atomic E-state index is -0.161. The van der Waals surface area contributed by atoms with E-state index in [-0.39, 0.29) is 6.10 Å². The third-order valence-corrected chi connectivity index (χ3v) is 3.21. The fourth-order valence-corrected chi connectivity index (χ4v) is 2.29. The first-order valence-electron chi connectivity index (χ1n) is 6.09. The third-order valence-electron chi connectivity index (χ3n) is 2.65. The fraction of sp³-hybridized carbons (Fsp3) is 0.385. The fourth-order valence-electron chi connectivity index (χ4n) is 1.76. The second kappa shape index (κ2) is 6.89. The minimum Gasteiger partial charge on any atom is -0.372 e. The summed E-state index contributed by atoms with van der Waals surface area (Å²) in [6.45, 7) is 3.30. The molecule has 1 unspecified atom stereocenters. The quantitative estimate of drug-likeness (QED) is 0.815. The van der Waals surface area contributed by atoms with Crippen LogP contribution >= 0.6 is 23.2 Å². The monoisotopic (exact) mass is 299 g/mol. The van der Waals surface area contributed by atoms with Gasteiger partial charge in [0.25, 0.3) is 0 Å². The summed E-state index contributed by atoms with van der Waals surface area (Å²) in [6, 6.07) is 5.43. The van der Waals surface area contributed by atoms with Gasteiger partial charge >= 0.3 is 0 Å². The molecular weight excluding hydrogens is 285 g/mol. The molecule has 0 N–H and O–H groups in total. The molecule has 0 fully saturated rings. The molecule has 1 aromatic carbocycles. The topological polar surface area (TPSA) is 39.9 Å². The van der Waals surface area contributed by atoms with Crippen LogP contribution in [0.15, 0.2) is 30.9 Å². The van der Waals surface area contributed by atoms with E-state index in [0.717, 1.165) is 12.0 Å². The number of hydrogen-bond acceptors (Lipinski definition) is 3. The number of ether oxygens (including phenoxy) is 1. The summed E-state index contributed by atoms with van der Waals surface area (Å²) < 4.78 is 7.58. The van der Waals surface area contributed by atoms with Gasteiger partial charge in [0.15, 0.2) is 0 Å². The highest BCUT2D eigenvalue weighted by molar-refractivity contribution is 6.35. The first-order valence-corrected chi connectivity index (χ1v) is 6.85. The van der Waals surface area contributed by atoms with Crippen LogP contribution in [0.2, 0.25) is 10.0 Å². The minimum absolute atomic E-state index is 0.161. The van der Waals surface area contributed by atoms with Gasteiger partial charge in [-0.3, -0.25) is 4.68 Å². The van der Waals surface area contributed by atoms with Crippen molar-refractivity contribution in [3.63, 3.8) is 0 Å². The number of hydrogen-bond donors (Lipinski definition) is 0. The molecule has 19 heavy (non-hydrogen) atoms. The number of rotatable bonds is 6. The highest BCUT2D eigenvalue weighted by atomic mass is 35.5. The van der Waals surface area contributed by atoms with E-state index >= 15 is 0 Å². The van der Waals surface area contributed by atoms with E-state index in [9.17, 15) is 0 Å². The normalized spacial score (nSPS) is 12.6. The molecule has 0 amide bonds. The maximum Gasteiger partial charge on any atom is 0.137 e. The summed E-state index contributed by atoms with van der Waals surface area (Å²) >= 11 is 12.1. The molecule has 0 saturated carbocycles.